The predicted molar refractivity (Wildman–Crippen MR) is 81.2 cm³/mol. The van der Waals surface area contributed by atoms with Gasteiger partial charge in [-0.1, -0.05) is 6.07 Å². The first-order chi connectivity index (χ1) is 9.93. The number of ether oxygens (including phenoxy) is 1. The van der Waals surface area contributed by atoms with E-state index in [4.69, 9.17) is 16.3 Å². The van der Waals surface area contributed by atoms with Crippen molar-refractivity contribution in [1.82, 2.24) is 4.90 Å². The maximum absolute atomic E-state index is 12.6. The Hall–Kier alpha value is -1.82. The fraction of sp³-hybridized carbons (Fsp3) is 0.500. The van der Waals surface area contributed by atoms with Crippen LogP contribution in [0.15, 0.2) is 18.2 Å². The molecule has 0 bridgehead atoms. The van der Waals surface area contributed by atoms with Crippen LogP contribution in [0.2, 0.25) is 0 Å². The van der Waals surface area contributed by atoms with Gasteiger partial charge in [0.15, 0.2) is 0 Å². The minimum absolute atomic E-state index is 0.00947. The van der Waals surface area contributed by atoms with Gasteiger partial charge in [-0.05, 0) is 26.8 Å². The lowest BCUT2D eigenvalue weighted by atomic mass is 10.1. The molecule has 7 heteroatoms. The average Bonchev–Trinajstić information content (AvgIpc) is 2.44. The summed E-state index contributed by atoms with van der Waals surface area (Å²) in [5, 5.41) is 11.1. The largest absolute Gasteiger partial charge is 0.487 e. The van der Waals surface area contributed by atoms with Gasteiger partial charge in [0.25, 0.3) is 5.91 Å². The van der Waals surface area contributed by atoms with Gasteiger partial charge in [-0.2, -0.15) is 0 Å². The third-order valence-electron chi connectivity index (χ3n) is 2.92. The molecule has 0 radical (unpaired) electrons. The van der Waals surface area contributed by atoms with Crippen LogP contribution in [0.1, 0.15) is 31.1 Å². The summed E-state index contributed by atoms with van der Waals surface area (Å²) in [5.74, 6) is -0.0176. The van der Waals surface area contributed by atoms with Gasteiger partial charge in [0, 0.05) is 24.5 Å². The minimum atomic E-state index is -0.553. The molecule has 0 N–H and O–H groups in total. The summed E-state index contributed by atoms with van der Waals surface area (Å²) in [6.45, 7) is 6.04. The number of benzene rings is 1. The van der Waals surface area contributed by atoms with E-state index in [2.05, 4.69) is 0 Å². The zero-order valence-electron chi connectivity index (χ0n) is 12.3. The monoisotopic (exact) mass is 314 g/mol. The summed E-state index contributed by atoms with van der Waals surface area (Å²) in [6, 6.07) is 4.27. The Bertz CT molecular complexity index is 520. The quantitative estimate of drug-likeness (QED) is 0.440. The maximum atomic E-state index is 12.6. The summed E-state index contributed by atoms with van der Waals surface area (Å²) in [4.78, 5) is 24.7. The van der Waals surface area contributed by atoms with Crippen molar-refractivity contribution in [3.05, 3.63) is 33.9 Å². The van der Waals surface area contributed by atoms with Gasteiger partial charge in [-0.25, -0.2) is 0 Å². The van der Waals surface area contributed by atoms with Crippen LogP contribution in [0.3, 0.4) is 0 Å². The Balaban J connectivity index is 3.30. The van der Waals surface area contributed by atoms with Crippen LogP contribution >= 0.6 is 11.6 Å². The van der Waals surface area contributed by atoms with Crippen LogP contribution in [-0.4, -0.2) is 40.8 Å². The Morgan fingerprint density at radius 2 is 2.14 bits per heavy atom. The molecule has 0 heterocycles. The van der Waals surface area contributed by atoms with E-state index < -0.39 is 4.92 Å². The molecule has 0 atom stereocenters. The van der Waals surface area contributed by atoms with Crippen LogP contribution in [0.25, 0.3) is 0 Å². The summed E-state index contributed by atoms with van der Waals surface area (Å²) < 4.78 is 5.34. The van der Waals surface area contributed by atoms with Gasteiger partial charge >= 0.3 is 5.69 Å². The van der Waals surface area contributed by atoms with Gasteiger partial charge in [0.2, 0.25) is 5.75 Å². The fourth-order valence-corrected chi connectivity index (χ4v) is 2.16. The molecule has 0 unspecified atom stereocenters. The molecule has 0 fully saturated rings. The van der Waals surface area contributed by atoms with Crippen LogP contribution in [0.4, 0.5) is 5.69 Å². The maximum Gasteiger partial charge on any atom is 0.311 e. The number of rotatable bonds is 7. The van der Waals surface area contributed by atoms with Crippen LogP contribution < -0.4 is 4.74 Å². The second-order valence-electron chi connectivity index (χ2n) is 4.63. The van der Waals surface area contributed by atoms with Gasteiger partial charge in [0.05, 0.1) is 17.1 Å². The molecule has 0 aliphatic heterocycles. The lowest BCUT2D eigenvalue weighted by Crippen LogP contribution is -2.38. The lowest BCUT2D eigenvalue weighted by molar-refractivity contribution is -0.385. The molecule has 1 amide bonds. The van der Waals surface area contributed by atoms with Crippen molar-refractivity contribution < 1.29 is 14.5 Å². The second kappa shape index (κ2) is 7.83. The van der Waals surface area contributed by atoms with Crippen molar-refractivity contribution in [1.29, 1.82) is 0 Å². The zero-order chi connectivity index (χ0) is 16.0. The zero-order valence-corrected chi connectivity index (χ0v) is 13.1. The van der Waals surface area contributed by atoms with Gasteiger partial charge in [0.1, 0.15) is 0 Å². The summed E-state index contributed by atoms with van der Waals surface area (Å²) in [5.41, 5.74) is -0.0258. The number of nitro groups is 1. The van der Waals surface area contributed by atoms with E-state index in [0.717, 1.165) is 0 Å². The highest BCUT2D eigenvalue weighted by molar-refractivity contribution is 6.18. The van der Waals surface area contributed by atoms with E-state index >= 15 is 0 Å². The number of nitro benzene ring substituents is 1. The topological polar surface area (TPSA) is 72.7 Å². The Kier molecular flexibility index (Phi) is 6.42. The van der Waals surface area contributed by atoms with Crippen molar-refractivity contribution in [3.63, 3.8) is 0 Å². The molecule has 0 saturated carbocycles. The van der Waals surface area contributed by atoms with Gasteiger partial charge in [-0.3, -0.25) is 14.9 Å². The normalized spacial score (nSPS) is 10.5. The number of hydrogen-bond acceptors (Lipinski definition) is 4. The van der Waals surface area contributed by atoms with E-state index in [1.54, 1.807) is 11.8 Å². The number of alkyl halides is 1. The highest BCUT2D eigenvalue weighted by atomic mass is 35.5. The Labute approximate surface area is 128 Å². The Morgan fingerprint density at radius 3 is 2.62 bits per heavy atom. The summed E-state index contributed by atoms with van der Waals surface area (Å²) in [7, 11) is 0. The number of nitrogens with zero attached hydrogens (tertiary/aromatic N) is 2. The number of halogens is 1. The minimum Gasteiger partial charge on any atom is -0.487 e. The number of hydrogen-bond donors (Lipinski definition) is 0. The molecule has 0 spiro atoms. The first kappa shape index (κ1) is 17.2. The fourth-order valence-electron chi connectivity index (χ4n) is 1.97. The average molecular weight is 315 g/mol. The molecule has 1 aromatic carbocycles. The van der Waals surface area contributed by atoms with E-state index in [0.29, 0.717) is 12.4 Å². The van der Waals surface area contributed by atoms with E-state index in [1.165, 1.54) is 18.2 Å². The SMILES string of the molecule is CCOc1c(C(=O)N(CCCl)C(C)C)cccc1[N+](=O)[O-]. The molecular formula is C14H19ClN2O4. The van der Waals surface area contributed by atoms with Crippen LogP contribution in [0, 0.1) is 10.1 Å². The van der Waals surface area contributed by atoms with Crippen LogP contribution in [0.5, 0.6) is 5.75 Å². The molecule has 0 aliphatic carbocycles. The van der Waals surface area contributed by atoms with Crippen LogP contribution in [-0.2, 0) is 0 Å². The molecule has 1 rings (SSSR count). The third-order valence-corrected chi connectivity index (χ3v) is 3.09. The van der Waals surface area contributed by atoms with Crippen molar-refractivity contribution in [2.24, 2.45) is 0 Å². The summed E-state index contributed by atoms with van der Waals surface area (Å²) >= 11 is 5.72. The molecule has 6 nitrogen and oxygen atoms in total. The number of carbonyl (C=O) groups is 1. The molecule has 1 aromatic rings. The molecule has 0 aromatic heterocycles. The van der Waals surface area contributed by atoms with Crippen molar-refractivity contribution >= 4 is 23.2 Å². The smallest absolute Gasteiger partial charge is 0.311 e. The molecule has 21 heavy (non-hydrogen) atoms. The highest BCUT2D eigenvalue weighted by Gasteiger charge is 2.27. The van der Waals surface area contributed by atoms with Crippen molar-refractivity contribution in [3.8, 4) is 5.75 Å². The van der Waals surface area contributed by atoms with Gasteiger partial charge in [-0.15, -0.1) is 11.6 Å². The predicted octanol–water partition coefficient (Wildman–Crippen LogP) is 3.08. The molecule has 116 valence electrons. The van der Waals surface area contributed by atoms with Gasteiger partial charge < -0.3 is 9.64 Å². The van der Waals surface area contributed by atoms with E-state index in [9.17, 15) is 14.9 Å². The Morgan fingerprint density at radius 1 is 1.48 bits per heavy atom. The molecule has 0 saturated heterocycles. The molecular weight excluding hydrogens is 296 g/mol. The highest BCUT2D eigenvalue weighted by Crippen LogP contribution is 2.32. The van der Waals surface area contributed by atoms with Crippen molar-refractivity contribution in [2.75, 3.05) is 19.0 Å². The number of carbonyl (C=O) groups excluding carboxylic acids is 1. The van der Waals surface area contributed by atoms with E-state index in [1.807, 2.05) is 13.8 Å². The standard InChI is InChI=1S/C14H19ClN2O4/c1-4-21-13-11(6-5-7-12(13)17(19)20)14(18)16(9-8-15)10(2)3/h5-7,10H,4,8-9H2,1-3H3. The number of amides is 1. The first-order valence-electron chi connectivity index (χ1n) is 6.71. The summed E-state index contributed by atoms with van der Waals surface area (Å²) in [6.07, 6.45) is 0. The third kappa shape index (κ3) is 4.07. The van der Waals surface area contributed by atoms with E-state index in [-0.39, 0.29) is 35.6 Å². The first-order valence-corrected chi connectivity index (χ1v) is 7.24. The molecule has 0 aliphatic rings. The lowest BCUT2D eigenvalue weighted by Gasteiger charge is -2.26. The number of para-hydroxylation sites is 1. The van der Waals surface area contributed by atoms with Crippen molar-refractivity contribution in [2.45, 2.75) is 26.8 Å². The second-order valence-corrected chi connectivity index (χ2v) is 5.00.